The van der Waals surface area contributed by atoms with Crippen molar-refractivity contribution < 1.29 is 9.90 Å². The molecule has 0 spiro atoms. The normalized spacial score (nSPS) is 12.2. The molecule has 1 rings (SSSR count). The molecule has 0 saturated heterocycles. The summed E-state index contributed by atoms with van der Waals surface area (Å²) in [7, 11) is 0. The van der Waals surface area contributed by atoms with Crippen LogP contribution in [0.5, 0.6) is 0 Å². The van der Waals surface area contributed by atoms with Crippen molar-refractivity contribution in [2.75, 3.05) is 13.2 Å². The van der Waals surface area contributed by atoms with Crippen molar-refractivity contribution in [3.63, 3.8) is 0 Å². The smallest absolute Gasteiger partial charge is 0.315 e. The van der Waals surface area contributed by atoms with E-state index in [4.69, 9.17) is 5.11 Å². The van der Waals surface area contributed by atoms with Gasteiger partial charge < -0.3 is 15.7 Å². The lowest BCUT2D eigenvalue weighted by Gasteiger charge is -2.11. The number of nitrogens with zero attached hydrogens (tertiary/aromatic N) is 1. The Hall–Kier alpha value is -1.14. The van der Waals surface area contributed by atoms with E-state index in [-0.39, 0.29) is 18.6 Å². The number of aromatic nitrogens is 1. The molecule has 5 nitrogen and oxygen atoms in total. The molecule has 1 aromatic rings. The van der Waals surface area contributed by atoms with Gasteiger partial charge in [-0.15, -0.1) is 11.3 Å². The van der Waals surface area contributed by atoms with Gasteiger partial charge in [-0.2, -0.15) is 0 Å². The fraction of sp³-hybridized carbons (Fsp3) is 0.636. The van der Waals surface area contributed by atoms with E-state index in [1.807, 2.05) is 13.8 Å². The summed E-state index contributed by atoms with van der Waals surface area (Å²) in [5, 5.41) is 14.3. The van der Waals surface area contributed by atoms with Gasteiger partial charge >= 0.3 is 6.03 Å². The second kappa shape index (κ2) is 7.24. The van der Waals surface area contributed by atoms with Gasteiger partial charge in [0.1, 0.15) is 0 Å². The van der Waals surface area contributed by atoms with E-state index < -0.39 is 0 Å². The van der Waals surface area contributed by atoms with Crippen molar-refractivity contribution in [2.24, 2.45) is 5.92 Å². The number of hydrogen-bond donors (Lipinski definition) is 3. The first-order valence-corrected chi connectivity index (χ1v) is 6.53. The number of thiazole rings is 1. The van der Waals surface area contributed by atoms with Gasteiger partial charge in [-0.1, -0.05) is 6.92 Å². The zero-order chi connectivity index (χ0) is 12.7. The monoisotopic (exact) mass is 257 g/mol. The molecule has 1 atom stereocenters. The molecule has 0 aromatic carbocycles. The summed E-state index contributed by atoms with van der Waals surface area (Å²) >= 11 is 1.54. The standard InChI is InChI=1S/C11H19N3O2S/c1-8(3-4-15)5-12-11(16)13-6-10-9(2)14-7-17-10/h7-8,15H,3-6H2,1-2H3,(H2,12,13,16). The molecular weight excluding hydrogens is 238 g/mol. The summed E-state index contributed by atoms with van der Waals surface area (Å²) in [6.45, 7) is 5.16. The number of aryl methyl sites for hydroxylation is 1. The van der Waals surface area contributed by atoms with Gasteiger partial charge in [-0.3, -0.25) is 0 Å². The van der Waals surface area contributed by atoms with Crippen LogP contribution in [0.2, 0.25) is 0 Å². The van der Waals surface area contributed by atoms with E-state index in [0.717, 1.165) is 10.6 Å². The van der Waals surface area contributed by atoms with Crippen molar-refractivity contribution in [3.05, 3.63) is 16.1 Å². The van der Waals surface area contributed by atoms with Crippen LogP contribution in [-0.4, -0.2) is 29.3 Å². The van der Waals surface area contributed by atoms with Gasteiger partial charge in [0.15, 0.2) is 0 Å². The molecule has 0 aliphatic carbocycles. The predicted octanol–water partition coefficient (Wildman–Crippen LogP) is 1.27. The van der Waals surface area contributed by atoms with Crippen LogP contribution in [0, 0.1) is 12.8 Å². The molecule has 0 aliphatic heterocycles. The SMILES string of the molecule is Cc1ncsc1CNC(=O)NCC(C)CCO. The van der Waals surface area contributed by atoms with E-state index >= 15 is 0 Å². The topological polar surface area (TPSA) is 74.2 Å². The lowest BCUT2D eigenvalue weighted by Crippen LogP contribution is -2.37. The molecule has 96 valence electrons. The van der Waals surface area contributed by atoms with E-state index in [2.05, 4.69) is 15.6 Å². The number of carbonyl (C=O) groups is 1. The Kier molecular flexibility index (Phi) is 5.93. The van der Waals surface area contributed by atoms with Crippen molar-refractivity contribution in [2.45, 2.75) is 26.8 Å². The number of nitrogens with one attached hydrogen (secondary N) is 2. The Labute approximate surface area is 105 Å². The molecule has 17 heavy (non-hydrogen) atoms. The third-order valence-electron chi connectivity index (χ3n) is 2.49. The van der Waals surface area contributed by atoms with Gasteiger partial charge in [0.2, 0.25) is 0 Å². The summed E-state index contributed by atoms with van der Waals surface area (Å²) < 4.78 is 0. The number of rotatable bonds is 6. The summed E-state index contributed by atoms with van der Waals surface area (Å²) in [5.74, 6) is 0.288. The minimum absolute atomic E-state index is 0.157. The Bertz CT molecular complexity index is 354. The Morgan fingerprint density at radius 3 is 2.94 bits per heavy atom. The first-order chi connectivity index (χ1) is 8.13. The Morgan fingerprint density at radius 2 is 2.35 bits per heavy atom. The van der Waals surface area contributed by atoms with E-state index in [0.29, 0.717) is 19.5 Å². The molecule has 0 aliphatic rings. The van der Waals surface area contributed by atoms with Crippen LogP contribution < -0.4 is 10.6 Å². The molecule has 2 amide bonds. The van der Waals surface area contributed by atoms with Crippen LogP contribution >= 0.6 is 11.3 Å². The Morgan fingerprint density at radius 1 is 1.59 bits per heavy atom. The lowest BCUT2D eigenvalue weighted by molar-refractivity contribution is 0.233. The van der Waals surface area contributed by atoms with Gasteiger partial charge in [-0.05, 0) is 19.3 Å². The second-order valence-corrected chi connectivity index (χ2v) is 4.98. The highest BCUT2D eigenvalue weighted by Gasteiger charge is 2.06. The summed E-state index contributed by atoms with van der Waals surface area (Å²) in [6, 6.07) is -0.178. The van der Waals surface area contributed by atoms with Crippen LogP contribution in [0.15, 0.2) is 5.51 Å². The number of hydrogen-bond acceptors (Lipinski definition) is 4. The molecule has 1 unspecified atom stereocenters. The average molecular weight is 257 g/mol. The van der Waals surface area contributed by atoms with Gasteiger partial charge in [0, 0.05) is 18.0 Å². The van der Waals surface area contributed by atoms with Crippen LogP contribution in [0.4, 0.5) is 4.79 Å². The highest BCUT2D eigenvalue weighted by Crippen LogP contribution is 2.10. The molecule has 0 radical (unpaired) electrons. The zero-order valence-electron chi connectivity index (χ0n) is 10.2. The third kappa shape index (κ3) is 5.14. The highest BCUT2D eigenvalue weighted by atomic mass is 32.1. The fourth-order valence-corrected chi connectivity index (χ4v) is 2.03. The first kappa shape index (κ1) is 13.9. The largest absolute Gasteiger partial charge is 0.396 e. The Balaban J connectivity index is 2.20. The van der Waals surface area contributed by atoms with E-state index in [1.54, 1.807) is 5.51 Å². The lowest BCUT2D eigenvalue weighted by atomic mass is 10.1. The summed E-state index contributed by atoms with van der Waals surface area (Å²) in [5.41, 5.74) is 2.73. The zero-order valence-corrected chi connectivity index (χ0v) is 11.0. The molecule has 1 heterocycles. The van der Waals surface area contributed by atoms with Gasteiger partial charge in [0.05, 0.1) is 17.7 Å². The van der Waals surface area contributed by atoms with Crippen molar-refractivity contribution >= 4 is 17.4 Å². The summed E-state index contributed by atoms with van der Waals surface area (Å²) in [6.07, 6.45) is 0.703. The minimum atomic E-state index is -0.178. The van der Waals surface area contributed by atoms with Crippen molar-refractivity contribution in [3.8, 4) is 0 Å². The van der Waals surface area contributed by atoms with Crippen molar-refractivity contribution in [1.29, 1.82) is 0 Å². The fourth-order valence-electron chi connectivity index (χ4n) is 1.31. The third-order valence-corrected chi connectivity index (χ3v) is 3.42. The maximum atomic E-state index is 11.5. The maximum absolute atomic E-state index is 11.5. The van der Waals surface area contributed by atoms with Crippen molar-refractivity contribution in [1.82, 2.24) is 15.6 Å². The molecule has 0 fully saturated rings. The number of amides is 2. The van der Waals surface area contributed by atoms with Crippen LogP contribution in [0.3, 0.4) is 0 Å². The molecule has 0 bridgehead atoms. The molecule has 0 saturated carbocycles. The molecule has 3 N–H and O–H groups in total. The van der Waals surface area contributed by atoms with Gasteiger partial charge in [0.25, 0.3) is 0 Å². The second-order valence-electron chi connectivity index (χ2n) is 4.04. The minimum Gasteiger partial charge on any atom is -0.396 e. The van der Waals surface area contributed by atoms with Crippen LogP contribution in [-0.2, 0) is 6.54 Å². The number of aliphatic hydroxyl groups is 1. The molecule has 1 aromatic heterocycles. The van der Waals surface area contributed by atoms with Crippen LogP contribution in [0.1, 0.15) is 23.9 Å². The average Bonchev–Trinajstić information content (AvgIpc) is 2.70. The highest BCUT2D eigenvalue weighted by molar-refractivity contribution is 7.09. The first-order valence-electron chi connectivity index (χ1n) is 5.65. The quantitative estimate of drug-likeness (QED) is 0.718. The maximum Gasteiger partial charge on any atom is 0.315 e. The van der Waals surface area contributed by atoms with Gasteiger partial charge in [-0.25, -0.2) is 9.78 Å². The number of carbonyl (C=O) groups excluding carboxylic acids is 1. The predicted molar refractivity (Wildman–Crippen MR) is 68.0 cm³/mol. The van der Waals surface area contributed by atoms with E-state index in [1.165, 1.54) is 11.3 Å². The van der Waals surface area contributed by atoms with Crippen LogP contribution in [0.25, 0.3) is 0 Å². The summed E-state index contributed by atoms with van der Waals surface area (Å²) in [4.78, 5) is 16.6. The number of aliphatic hydroxyl groups excluding tert-OH is 1. The number of urea groups is 1. The molecule has 6 heteroatoms. The van der Waals surface area contributed by atoms with E-state index in [9.17, 15) is 4.79 Å². The molecular formula is C11H19N3O2S.